The van der Waals surface area contributed by atoms with Gasteiger partial charge < -0.3 is 15.0 Å². The molecule has 0 bridgehead atoms. The highest BCUT2D eigenvalue weighted by atomic mass is 35.5. The van der Waals surface area contributed by atoms with Gasteiger partial charge in [-0.15, -0.1) is 0 Å². The molecule has 0 aromatic heterocycles. The van der Waals surface area contributed by atoms with E-state index in [4.69, 9.17) is 16.3 Å². The van der Waals surface area contributed by atoms with Gasteiger partial charge >= 0.3 is 0 Å². The molecular formula is C21H26ClN3O2. The van der Waals surface area contributed by atoms with Crippen LogP contribution in [0.5, 0.6) is 0 Å². The Morgan fingerprint density at radius 1 is 1.11 bits per heavy atom. The van der Waals surface area contributed by atoms with Crippen molar-refractivity contribution in [1.82, 2.24) is 10.2 Å². The molecule has 1 aliphatic heterocycles. The van der Waals surface area contributed by atoms with Crippen LogP contribution in [0, 0.1) is 0 Å². The summed E-state index contributed by atoms with van der Waals surface area (Å²) in [5.74, 6) is -0.0881. The number of nitrogens with zero attached hydrogens (tertiary/aromatic N) is 2. The monoisotopic (exact) mass is 387 g/mol. The standard InChI is InChI=1S/C21H26ClN3O2/c1-24(2)19-9-5-16(6-10-19)20(25-11-13-27-14-12-25)15-23-21(26)17-3-7-18(22)8-4-17/h3-10,20H,11-15H2,1-2H3,(H,23,26)/t20-/m1/s1. The van der Waals surface area contributed by atoms with Gasteiger partial charge in [-0.1, -0.05) is 23.7 Å². The minimum absolute atomic E-state index is 0.0881. The Morgan fingerprint density at radius 2 is 1.74 bits per heavy atom. The lowest BCUT2D eigenvalue weighted by molar-refractivity contribution is 0.0162. The van der Waals surface area contributed by atoms with Crippen LogP contribution in [0.15, 0.2) is 48.5 Å². The summed E-state index contributed by atoms with van der Waals surface area (Å²) in [6.45, 7) is 3.70. The van der Waals surface area contributed by atoms with Crippen LogP contribution in [0.4, 0.5) is 5.69 Å². The molecule has 2 aromatic rings. The second-order valence-corrected chi connectivity index (χ2v) is 7.30. The smallest absolute Gasteiger partial charge is 0.251 e. The van der Waals surface area contributed by atoms with E-state index in [1.807, 2.05) is 14.1 Å². The fourth-order valence-corrected chi connectivity index (χ4v) is 3.36. The van der Waals surface area contributed by atoms with E-state index in [0.29, 0.717) is 17.1 Å². The number of rotatable bonds is 6. The zero-order chi connectivity index (χ0) is 19.2. The first-order valence-electron chi connectivity index (χ1n) is 9.17. The molecule has 1 fully saturated rings. The third-order valence-corrected chi connectivity index (χ3v) is 5.10. The maximum absolute atomic E-state index is 12.5. The number of benzene rings is 2. The number of carbonyl (C=O) groups is 1. The van der Waals surface area contributed by atoms with Crippen molar-refractivity contribution in [1.29, 1.82) is 0 Å². The third-order valence-electron chi connectivity index (χ3n) is 4.84. The highest BCUT2D eigenvalue weighted by molar-refractivity contribution is 6.30. The van der Waals surface area contributed by atoms with Gasteiger partial charge in [-0.3, -0.25) is 9.69 Å². The largest absolute Gasteiger partial charge is 0.379 e. The first-order chi connectivity index (χ1) is 13.0. The summed E-state index contributed by atoms with van der Waals surface area (Å²) in [6.07, 6.45) is 0. The minimum atomic E-state index is -0.0881. The first kappa shape index (κ1) is 19.7. The fourth-order valence-electron chi connectivity index (χ4n) is 3.23. The number of nitrogens with one attached hydrogen (secondary N) is 1. The summed E-state index contributed by atoms with van der Waals surface area (Å²) in [4.78, 5) is 17.0. The summed E-state index contributed by atoms with van der Waals surface area (Å²) in [5, 5.41) is 3.70. The molecule has 0 unspecified atom stereocenters. The Morgan fingerprint density at radius 3 is 2.33 bits per heavy atom. The normalized spacial score (nSPS) is 16.0. The number of ether oxygens (including phenoxy) is 1. The highest BCUT2D eigenvalue weighted by Crippen LogP contribution is 2.24. The maximum atomic E-state index is 12.5. The van der Waals surface area contributed by atoms with E-state index in [2.05, 4.69) is 39.4 Å². The van der Waals surface area contributed by atoms with Crippen molar-refractivity contribution in [2.45, 2.75) is 6.04 Å². The van der Waals surface area contributed by atoms with Gasteiger partial charge in [0.2, 0.25) is 0 Å². The molecule has 6 heteroatoms. The van der Waals surface area contributed by atoms with E-state index in [0.717, 1.165) is 32.0 Å². The average Bonchev–Trinajstić information content (AvgIpc) is 2.69. The van der Waals surface area contributed by atoms with Crippen LogP contribution in [-0.4, -0.2) is 57.8 Å². The third kappa shape index (κ3) is 5.22. The number of hydrogen-bond donors (Lipinski definition) is 1. The van der Waals surface area contributed by atoms with E-state index >= 15 is 0 Å². The van der Waals surface area contributed by atoms with Gasteiger partial charge in [-0.2, -0.15) is 0 Å². The molecule has 1 atom stereocenters. The molecule has 0 radical (unpaired) electrons. The molecule has 3 rings (SSSR count). The van der Waals surface area contributed by atoms with E-state index in [1.165, 1.54) is 5.56 Å². The Bertz CT molecular complexity index is 741. The number of hydrogen-bond acceptors (Lipinski definition) is 4. The van der Waals surface area contributed by atoms with Gasteiger partial charge in [0.1, 0.15) is 0 Å². The zero-order valence-electron chi connectivity index (χ0n) is 15.8. The molecule has 0 saturated carbocycles. The van der Waals surface area contributed by atoms with Gasteiger partial charge in [-0.05, 0) is 42.0 Å². The molecule has 1 saturated heterocycles. The van der Waals surface area contributed by atoms with E-state index < -0.39 is 0 Å². The fraction of sp³-hybridized carbons (Fsp3) is 0.381. The first-order valence-corrected chi connectivity index (χ1v) is 9.55. The second kappa shape index (κ2) is 9.22. The molecule has 1 aliphatic rings. The van der Waals surface area contributed by atoms with Crippen LogP contribution in [0.2, 0.25) is 5.02 Å². The van der Waals surface area contributed by atoms with Crippen molar-refractivity contribution >= 4 is 23.2 Å². The van der Waals surface area contributed by atoms with Crippen LogP contribution >= 0.6 is 11.6 Å². The number of anilines is 1. The van der Waals surface area contributed by atoms with Crippen LogP contribution in [-0.2, 0) is 4.74 Å². The quantitative estimate of drug-likeness (QED) is 0.826. The molecular weight excluding hydrogens is 362 g/mol. The minimum Gasteiger partial charge on any atom is -0.379 e. The SMILES string of the molecule is CN(C)c1ccc([C@@H](CNC(=O)c2ccc(Cl)cc2)N2CCOCC2)cc1. The van der Waals surface area contributed by atoms with Crippen molar-refractivity contribution in [3.05, 3.63) is 64.7 Å². The molecule has 0 aliphatic carbocycles. The van der Waals surface area contributed by atoms with Gasteiger partial charge in [0.25, 0.3) is 5.91 Å². The van der Waals surface area contributed by atoms with Crippen molar-refractivity contribution in [3.63, 3.8) is 0 Å². The highest BCUT2D eigenvalue weighted by Gasteiger charge is 2.23. The topological polar surface area (TPSA) is 44.8 Å². The number of morpholine rings is 1. The van der Waals surface area contributed by atoms with Crippen molar-refractivity contribution < 1.29 is 9.53 Å². The lowest BCUT2D eigenvalue weighted by Gasteiger charge is -2.35. The number of halogens is 1. The molecule has 27 heavy (non-hydrogen) atoms. The van der Waals surface area contributed by atoms with E-state index in [9.17, 15) is 4.79 Å². The van der Waals surface area contributed by atoms with E-state index in [1.54, 1.807) is 24.3 Å². The van der Waals surface area contributed by atoms with Crippen LogP contribution < -0.4 is 10.2 Å². The molecule has 144 valence electrons. The molecule has 2 aromatic carbocycles. The van der Waals surface area contributed by atoms with Gasteiger partial charge in [-0.25, -0.2) is 0 Å². The Balaban J connectivity index is 1.73. The predicted octanol–water partition coefficient (Wildman–Crippen LogP) is 3.21. The van der Waals surface area contributed by atoms with Gasteiger partial charge in [0.05, 0.1) is 19.3 Å². The summed E-state index contributed by atoms with van der Waals surface area (Å²) < 4.78 is 5.49. The number of amides is 1. The summed E-state index contributed by atoms with van der Waals surface area (Å²) in [7, 11) is 4.06. The van der Waals surface area contributed by atoms with Gasteiger partial charge in [0, 0.05) is 50.0 Å². The number of carbonyl (C=O) groups excluding carboxylic acids is 1. The van der Waals surface area contributed by atoms with Crippen molar-refractivity contribution in [3.8, 4) is 0 Å². The molecule has 1 heterocycles. The summed E-state index contributed by atoms with van der Waals surface area (Å²) in [6, 6.07) is 15.6. The molecule has 5 nitrogen and oxygen atoms in total. The second-order valence-electron chi connectivity index (χ2n) is 6.87. The predicted molar refractivity (Wildman–Crippen MR) is 110 cm³/mol. The summed E-state index contributed by atoms with van der Waals surface area (Å²) >= 11 is 5.91. The maximum Gasteiger partial charge on any atom is 0.251 e. The molecule has 1 N–H and O–H groups in total. The van der Waals surface area contributed by atoms with Crippen LogP contribution in [0.25, 0.3) is 0 Å². The molecule has 0 spiro atoms. The Labute approximate surface area is 165 Å². The van der Waals surface area contributed by atoms with Crippen molar-refractivity contribution in [2.75, 3.05) is 51.8 Å². The lowest BCUT2D eigenvalue weighted by atomic mass is 10.0. The van der Waals surface area contributed by atoms with Crippen LogP contribution in [0.1, 0.15) is 22.0 Å². The Hall–Kier alpha value is -2.08. The zero-order valence-corrected chi connectivity index (χ0v) is 16.6. The lowest BCUT2D eigenvalue weighted by Crippen LogP contribution is -2.43. The Kier molecular flexibility index (Phi) is 6.72. The average molecular weight is 388 g/mol. The van der Waals surface area contributed by atoms with Gasteiger partial charge in [0.15, 0.2) is 0 Å². The van der Waals surface area contributed by atoms with E-state index in [-0.39, 0.29) is 11.9 Å². The van der Waals surface area contributed by atoms with Crippen LogP contribution in [0.3, 0.4) is 0 Å². The molecule has 1 amide bonds. The summed E-state index contributed by atoms with van der Waals surface area (Å²) in [5.41, 5.74) is 2.96. The van der Waals surface area contributed by atoms with Crippen molar-refractivity contribution in [2.24, 2.45) is 0 Å².